The molecule has 0 aliphatic carbocycles. The van der Waals surface area contributed by atoms with Crippen LogP contribution in [-0.4, -0.2) is 43.7 Å². The van der Waals surface area contributed by atoms with E-state index in [-0.39, 0.29) is 5.75 Å². The summed E-state index contributed by atoms with van der Waals surface area (Å²) in [6, 6.07) is 4.04. The number of aromatic hydroxyl groups is 1. The zero-order valence-corrected chi connectivity index (χ0v) is 11.5. The molecule has 5 heteroatoms. The second-order valence-corrected chi connectivity index (χ2v) is 5.54. The third kappa shape index (κ3) is 2.30. The van der Waals surface area contributed by atoms with Crippen molar-refractivity contribution in [3.63, 3.8) is 0 Å². The Morgan fingerprint density at radius 3 is 2.68 bits per heavy atom. The maximum absolute atomic E-state index is 9.77. The first-order valence-corrected chi connectivity index (χ1v) is 6.93. The lowest BCUT2D eigenvalue weighted by molar-refractivity contribution is 0.169. The van der Waals surface area contributed by atoms with Crippen LogP contribution in [0.4, 0.5) is 0 Å². The van der Waals surface area contributed by atoms with Gasteiger partial charge in [0.05, 0.1) is 0 Å². The second kappa shape index (κ2) is 4.81. The maximum Gasteiger partial charge on any atom is 0.197 e. The highest BCUT2D eigenvalue weighted by Crippen LogP contribution is 2.28. The molecule has 1 fully saturated rings. The number of piperidine rings is 1. The molecule has 0 saturated carbocycles. The van der Waals surface area contributed by atoms with Crippen LogP contribution in [0.3, 0.4) is 0 Å². The maximum atomic E-state index is 9.77. The molecule has 5 nitrogen and oxygen atoms in total. The van der Waals surface area contributed by atoms with E-state index in [2.05, 4.69) is 28.8 Å². The van der Waals surface area contributed by atoms with Gasteiger partial charge in [-0.1, -0.05) is 0 Å². The number of fused-ring (bicyclic) bond motifs is 1. The number of hydrogen-bond donors (Lipinski definition) is 1. The van der Waals surface area contributed by atoms with Crippen molar-refractivity contribution in [2.45, 2.75) is 38.6 Å². The normalized spacial score (nSPS) is 18.5. The summed E-state index contributed by atoms with van der Waals surface area (Å²) >= 11 is 0. The van der Waals surface area contributed by atoms with Gasteiger partial charge in [-0.25, -0.2) is 9.50 Å². The van der Waals surface area contributed by atoms with E-state index in [4.69, 9.17) is 0 Å². The first kappa shape index (κ1) is 12.4. The van der Waals surface area contributed by atoms with Gasteiger partial charge < -0.3 is 10.0 Å². The fourth-order valence-electron chi connectivity index (χ4n) is 2.76. The molecule has 0 spiro atoms. The van der Waals surface area contributed by atoms with Gasteiger partial charge in [0.1, 0.15) is 0 Å². The van der Waals surface area contributed by atoms with Crippen molar-refractivity contribution in [2.24, 2.45) is 0 Å². The summed E-state index contributed by atoms with van der Waals surface area (Å²) in [6.45, 7) is 6.68. The first-order valence-electron chi connectivity index (χ1n) is 6.93. The van der Waals surface area contributed by atoms with Crippen molar-refractivity contribution < 1.29 is 5.11 Å². The SMILES string of the molecule is CC(C)N1CCC(c2nc3c(O)cccn3n2)CC1. The summed E-state index contributed by atoms with van der Waals surface area (Å²) in [7, 11) is 0. The molecule has 1 saturated heterocycles. The Morgan fingerprint density at radius 1 is 1.32 bits per heavy atom. The minimum absolute atomic E-state index is 0.195. The molecule has 0 amide bonds. The lowest BCUT2D eigenvalue weighted by atomic mass is 9.95. The van der Waals surface area contributed by atoms with Crippen LogP contribution >= 0.6 is 0 Å². The smallest absolute Gasteiger partial charge is 0.197 e. The molecule has 3 rings (SSSR count). The first-order chi connectivity index (χ1) is 9.15. The molecule has 0 radical (unpaired) electrons. The van der Waals surface area contributed by atoms with Crippen molar-refractivity contribution in [1.29, 1.82) is 0 Å². The van der Waals surface area contributed by atoms with Gasteiger partial charge in [-0.3, -0.25) is 0 Å². The van der Waals surface area contributed by atoms with Gasteiger partial charge in [0, 0.05) is 18.2 Å². The molecule has 19 heavy (non-hydrogen) atoms. The number of hydrogen-bond acceptors (Lipinski definition) is 4. The summed E-state index contributed by atoms with van der Waals surface area (Å²) in [6.07, 6.45) is 4.01. The van der Waals surface area contributed by atoms with Crippen LogP contribution in [0.5, 0.6) is 5.75 Å². The van der Waals surface area contributed by atoms with E-state index in [0.717, 1.165) is 31.8 Å². The molecule has 0 bridgehead atoms. The van der Waals surface area contributed by atoms with E-state index in [9.17, 15) is 5.11 Å². The number of rotatable bonds is 2. The van der Waals surface area contributed by atoms with Gasteiger partial charge in [0.15, 0.2) is 17.2 Å². The van der Waals surface area contributed by atoms with Gasteiger partial charge in [-0.05, 0) is 51.9 Å². The van der Waals surface area contributed by atoms with Crippen LogP contribution in [0, 0.1) is 0 Å². The van der Waals surface area contributed by atoms with Crippen LogP contribution in [-0.2, 0) is 0 Å². The monoisotopic (exact) mass is 260 g/mol. The van der Waals surface area contributed by atoms with Crippen molar-refractivity contribution in [2.75, 3.05) is 13.1 Å². The van der Waals surface area contributed by atoms with Crippen molar-refractivity contribution in [3.8, 4) is 5.75 Å². The Kier molecular flexibility index (Phi) is 3.14. The predicted octanol–water partition coefficient (Wildman–Crippen LogP) is 2.02. The largest absolute Gasteiger partial charge is 0.504 e. The van der Waals surface area contributed by atoms with E-state index in [1.807, 2.05) is 6.20 Å². The van der Waals surface area contributed by atoms with E-state index in [1.165, 1.54) is 0 Å². The van der Waals surface area contributed by atoms with Crippen LogP contribution in [0.1, 0.15) is 38.4 Å². The highest BCUT2D eigenvalue weighted by Gasteiger charge is 2.25. The highest BCUT2D eigenvalue weighted by molar-refractivity contribution is 5.51. The van der Waals surface area contributed by atoms with Gasteiger partial charge in [-0.2, -0.15) is 5.10 Å². The average molecular weight is 260 g/mol. The standard InChI is InChI=1S/C14H20N4O/c1-10(2)17-8-5-11(6-9-17)13-15-14-12(19)4-3-7-18(14)16-13/h3-4,7,10-11,19H,5-6,8-9H2,1-2H3. The number of aromatic nitrogens is 3. The molecule has 1 N–H and O–H groups in total. The Balaban J connectivity index is 1.80. The molecule has 3 heterocycles. The van der Waals surface area contributed by atoms with E-state index in [0.29, 0.717) is 17.6 Å². The molecule has 102 valence electrons. The predicted molar refractivity (Wildman–Crippen MR) is 73.3 cm³/mol. The molecule has 0 unspecified atom stereocenters. The van der Waals surface area contributed by atoms with Crippen LogP contribution < -0.4 is 0 Å². The number of pyridine rings is 1. The molecule has 2 aromatic rings. The van der Waals surface area contributed by atoms with Crippen molar-refractivity contribution >= 4 is 5.65 Å². The van der Waals surface area contributed by atoms with E-state index < -0.39 is 0 Å². The van der Waals surface area contributed by atoms with Gasteiger partial charge in [-0.15, -0.1) is 0 Å². The van der Waals surface area contributed by atoms with Crippen molar-refractivity contribution in [3.05, 3.63) is 24.2 Å². The molecular weight excluding hydrogens is 240 g/mol. The lowest BCUT2D eigenvalue weighted by Crippen LogP contribution is -2.38. The Bertz CT molecular complexity index is 570. The number of nitrogens with zero attached hydrogens (tertiary/aromatic N) is 4. The molecular formula is C14H20N4O. The zero-order chi connectivity index (χ0) is 13.4. The Morgan fingerprint density at radius 2 is 2.05 bits per heavy atom. The summed E-state index contributed by atoms with van der Waals surface area (Å²) in [5.74, 6) is 1.47. The lowest BCUT2D eigenvalue weighted by Gasteiger charge is -2.33. The summed E-state index contributed by atoms with van der Waals surface area (Å²) < 4.78 is 1.67. The fourth-order valence-corrected chi connectivity index (χ4v) is 2.76. The molecule has 0 aromatic carbocycles. The highest BCUT2D eigenvalue weighted by atomic mass is 16.3. The average Bonchev–Trinajstić information content (AvgIpc) is 2.84. The molecule has 1 aliphatic rings. The van der Waals surface area contributed by atoms with E-state index in [1.54, 1.807) is 16.6 Å². The topological polar surface area (TPSA) is 53.7 Å². The Hall–Kier alpha value is -1.62. The summed E-state index contributed by atoms with van der Waals surface area (Å²) in [5.41, 5.74) is 0.559. The van der Waals surface area contributed by atoms with E-state index >= 15 is 0 Å². The minimum atomic E-state index is 0.195. The summed E-state index contributed by atoms with van der Waals surface area (Å²) in [5, 5.41) is 14.3. The third-order valence-electron chi connectivity index (χ3n) is 3.98. The molecule has 1 aliphatic heterocycles. The Labute approximate surface area is 112 Å². The zero-order valence-electron chi connectivity index (χ0n) is 11.5. The van der Waals surface area contributed by atoms with Crippen LogP contribution in [0.25, 0.3) is 5.65 Å². The number of likely N-dealkylation sites (tertiary alicyclic amines) is 1. The van der Waals surface area contributed by atoms with Gasteiger partial charge in [0.25, 0.3) is 0 Å². The molecule has 2 aromatic heterocycles. The minimum Gasteiger partial charge on any atom is -0.504 e. The molecule has 0 atom stereocenters. The third-order valence-corrected chi connectivity index (χ3v) is 3.98. The van der Waals surface area contributed by atoms with Gasteiger partial charge >= 0.3 is 0 Å². The fraction of sp³-hybridized carbons (Fsp3) is 0.571. The summed E-state index contributed by atoms with van der Waals surface area (Å²) in [4.78, 5) is 6.98. The quantitative estimate of drug-likeness (QED) is 0.897. The van der Waals surface area contributed by atoms with Crippen molar-refractivity contribution in [1.82, 2.24) is 19.5 Å². The second-order valence-electron chi connectivity index (χ2n) is 5.54. The van der Waals surface area contributed by atoms with Gasteiger partial charge in [0.2, 0.25) is 0 Å². The van der Waals surface area contributed by atoms with Crippen LogP contribution in [0.15, 0.2) is 18.3 Å². The van der Waals surface area contributed by atoms with Crippen LogP contribution in [0.2, 0.25) is 0 Å².